The third-order valence-corrected chi connectivity index (χ3v) is 4.81. The highest BCUT2D eigenvalue weighted by molar-refractivity contribution is 8.00. The Morgan fingerprint density at radius 1 is 0.897 bits per heavy atom. The van der Waals surface area contributed by atoms with E-state index in [9.17, 15) is 8.78 Å². The number of pyridine rings is 1. The SMILES string of the molecule is CC.Fc1cc(-c2ccccc2)c(F)cc1NSc1c[nH]c(-c2ccccn2)c1. The smallest absolute Gasteiger partial charge is 0.147 e. The van der Waals surface area contributed by atoms with Crippen LogP contribution in [0.15, 0.2) is 84.0 Å². The van der Waals surface area contributed by atoms with Crippen LogP contribution in [0.1, 0.15) is 13.8 Å². The van der Waals surface area contributed by atoms with Gasteiger partial charge in [0.15, 0.2) is 0 Å². The molecular formula is C23H21F2N3S. The summed E-state index contributed by atoms with van der Waals surface area (Å²) in [6, 6.07) is 18.8. The van der Waals surface area contributed by atoms with E-state index in [1.807, 2.05) is 44.2 Å². The van der Waals surface area contributed by atoms with Gasteiger partial charge in [0.25, 0.3) is 0 Å². The highest BCUT2D eigenvalue weighted by Crippen LogP contribution is 2.31. The maximum atomic E-state index is 14.4. The molecule has 0 saturated carbocycles. The number of benzene rings is 2. The molecule has 0 bridgehead atoms. The predicted molar refractivity (Wildman–Crippen MR) is 117 cm³/mol. The Kier molecular flexibility index (Phi) is 7.03. The second kappa shape index (κ2) is 9.89. The van der Waals surface area contributed by atoms with Crippen molar-refractivity contribution in [2.45, 2.75) is 18.7 Å². The summed E-state index contributed by atoms with van der Waals surface area (Å²) in [6.07, 6.45) is 3.50. The Bertz CT molecular complexity index is 1050. The third-order valence-electron chi connectivity index (χ3n) is 4.02. The second-order valence-electron chi connectivity index (χ2n) is 5.85. The fourth-order valence-electron chi connectivity index (χ4n) is 2.68. The number of nitrogens with zero attached hydrogens (tertiary/aromatic N) is 1. The van der Waals surface area contributed by atoms with Crippen LogP contribution in [0.3, 0.4) is 0 Å². The Morgan fingerprint density at radius 3 is 2.38 bits per heavy atom. The predicted octanol–water partition coefficient (Wildman–Crippen LogP) is 7.17. The van der Waals surface area contributed by atoms with Crippen LogP contribution in [-0.2, 0) is 0 Å². The summed E-state index contributed by atoms with van der Waals surface area (Å²) in [7, 11) is 0. The minimum atomic E-state index is -0.511. The van der Waals surface area contributed by atoms with E-state index < -0.39 is 11.6 Å². The van der Waals surface area contributed by atoms with Crippen molar-refractivity contribution < 1.29 is 8.78 Å². The van der Waals surface area contributed by atoms with Gasteiger partial charge in [-0.05, 0) is 41.8 Å². The molecule has 2 aromatic heterocycles. The van der Waals surface area contributed by atoms with E-state index in [-0.39, 0.29) is 11.3 Å². The van der Waals surface area contributed by atoms with Crippen LogP contribution >= 0.6 is 11.9 Å². The molecule has 0 saturated heterocycles. The van der Waals surface area contributed by atoms with Gasteiger partial charge < -0.3 is 9.71 Å². The fourth-order valence-corrected chi connectivity index (χ4v) is 3.36. The van der Waals surface area contributed by atoms with Gasteiger partial charge in [0.05, 0.1) is 17.1 Å². The van der Waals surface area contributed by atoms with Crippen LogP contribution in [-0.4, -0.2) is 9.97 Å². The zero-order valence-electron chi connectivity index (χ0n) is 16.1. The van der Waals surface area contributed by atoms with Crippen LogP contribution in [0.2, 0.25) is 0 Å². The minimum absolute atomic E-state index is 0.0952. The Hall–Kier alpha value is -3.12. The lowest BCUT2D eigenvalue weighted by Gasteiger charge is -2.09. The van der Waals surface area contributed by atoms with Gasteiger partial charge in [-0.3, -0.25) is 4.98 Å². The van der Waals surface area contributed by atoms with Crippen molar-refractivity contribution in [2.24, 2.45) is 0 Å². The van der Waals surface area contributed by atoms with Crippen LogP contribution in [0.5, 0.6) is 0 Å². The monoisotopic (exact) mass is 409 g/mol. The first-order chi connectivity index (χ1) is 14.2. The van der Waals surface area contributed by atoms with Gasteiger partial charge in [-0.25, -0.2) is 8.78 Å². The summed E-state index contributed by atoms with van der Waals surface area (Å²) in [5, 5.41) is 0. The van der Waals surface area contributed by atoms with Crippen molar-refractivity contribution in [1.29, 1.82) is 0 Å². The van der Waals surface area contributed by atoms with Crippen molar-refractivity contribution in [2.75, 3.05) is 4.72 Å². The Labute approximate surface area is 173 Å². The normalized spacial score (nSPS) is 10.2. The molecule has 148 valence electrons. The molecule has 29 heavy (non-hydrogen) atoms. The van der Waals surface area contributed by atoms with E-state index in [0.29, 0.717) is 5.56 Å². The Morgan fingerprint density at radius 2 is 1.66 bits per heavy atom. The largest absolute Gasteiger partial charge is 0.359 e. The number of halogens is 2. The Balaban J connectivity index is 0.00000117. The number of hydrogen-bond acceptors (Lipinski definition) is 3. The van der Waals surface area contributed by atoms with Crippen LogP contribution in [0, 0.1) is 11.6 Å². The number of aromatic amines is 1. The maximum absolute atomic E-state index is 14.4. The van der Waals surface area contributed by atoms with Crippen molar-refractivity contribution in [1.82, 2.24) is 9.97 Å². The van der Waals surface area contributed by atoms with Crippen LogP contribution in [0.4, 0.5) is 14.5 Å². The van der Waals surface area contributed by atoms with Crippen molar-refractivity contribution in [3.05, 3.63) is 90.8 Å². The van der Waals surface area contributed by atoms with Gasteiger partial charge in [0, 0.05) is 28.9 Å². The number of anilines is 1. The van der Waals surface area contributed by atoms with Gasteiger partial charge in [-0.1, -0.05) is 50.2 Å². The van der Waals surface area contributed by atoms with E-state index in [0.717, 1.165) is 16.3 Å². The minimum Gasteiger partial charge on any atom is -0.359 e. The van der Waals surface area contributed by atoms with E-state index >= 15 is 0 Å². The highest BCUT2D eigenvalue weighted by Gasteiger charge is 2.12. The number of nitrogens with one attached hydrogen (secondary N) is 2. The molecule has 0 unspecified atom stereocenters. The average Bonchev–Trinajstić information content (AvgIpc) is 3.26. The molecule has 0 aliphatic heterocycles. The number of aromatic nitrogens is 2. The van der Waals surface area contributed by atoms with Crippen molar-refractivity contribution in [3.8, 4) is 22.5 Å². The molecule has 4 aromatic rings. The molecule has 2 heterocycles. The van der Waals surface area contributed by atoms with Gasteiger partial charge >= 0.3 is 0 Å². The molecule has 0 fully saturated rings. The standard InChI is InChI=1S/C21H15F2N3S.C2H6/c22-17-12-20(18(23)11-16(17)14-6-2-1-3-7-14)26-27-15-10-21(25-13-15)19-8-4-5-9-24-19;1-2/h1-13,25-26H;1-2H3. The first-order valence-corrected chi connectivity index (χ1v) is 10.1. The van der Waals surface area contributed by atoms with Gasteiger partial charge in [0.2, 0.25) is 0 Å². The van der Waals surface area contributed by atoms with E-state index in [1.54, 1.807) is 36.7 Å². The summed E-state index contributed by atoms with van der Waals surface area (Å²) in [5.74, 6) is -0.989. The lowest BCUT2D eigenvalue weighted by atomic mass is 10.0. The van der Waals surface area contributed by atoms with Gasteiger partial charge in [-0.2, -0.15) is 0 Å². The van der Waals surface area contributed by atoms with Crippen LogP contribution in [0.25, 0.3) is 22.5 Å². The summed E-state index contributed by atoms with van der Waals surface area (Å²) in [4.78, 5) is 8.23. The molecule has 0 aliphatic carbocycles. The summed E-state index contributed by atoms with van der Waals surface area (Å²) in [6.45, 7) is 4.00. The zero-order valence-corrected chi connectivity index (χ0v) is 16.9. The van der Waals surface area contributed by atoms with E-state index in [4.69, 9.17) is 0 Å². The molecule has 0 amide bonds. The first-order valence-electron chi connectivity index (χ1n) is 9.28. The van der Waals surface area contributed by atoms with Crippen LogP contribution < -0.4 is 4.72 Å². The lowest BCUT2D eigenvalue weighted by molar-refractivity contribution is 0.607. The average molecular weight is 410 g/mol. The molecular weight excluding hydrogens is 388 g/mol. The van der Waals surface area contributed by atoms with Gasteiger partial charge in [-0.15, -0.1) is 0 Å². The number of rotatable bonds is 5. The molecule has 0 aliphatic rings. The summed E-state index contributed by atoms with van der Waals surface area (Å²) < 4.78 is 31.7. The molecule has 4 rings (SSSR count). The molecule has 3 nitrogen and oxygen atoms in total. The molecule has 0 spiro atoms. The molecule has 0 radical (unpaired) electrons. The fraction of sp³-hybridized carbons (Fsp3) is 0.0870. The molecule has 2 aromatic carbocycles. The number of hydrogen-bond donors (Lipinski definition) is 2. The second-order valence-corrected chi connectivity index (χ2v) is 6.73. The van der Waals surface area contributed by atoms with Gasteiger partial charge in [0.1, 0.15) is 11.6 Å². The zero-order chi connectivity index (χ0) is 20.6. The summed E-state index contributed by atoms with van der Waals surface area (Å²) >= 11 is 1.20. The van der Waals surface area contributed by atoms with Crippen molar-refractivity contribution in [3.63, 3.8) is 0 Å². The van der Waals surface area contributed by atoms with E-state index in [1.165, 1.54) is 24.1 Å². The number of H-pyrrole nitrogens is 1. The summed E-state index contributed by atoms with van der Waals surface area (Å²) in [5.41, 5.74) is 2.64. The molecule has 0 atom stereocenters. The lowest BCUT2D eigenvalue weighted by Crippen LogP contribution is -1.94. The highest BCUT2D eigenvalue weighted by atomic mass is 32.2. The quantitative estimate of drug-likeness (QED) is 0.343. The van der Waals surface area contributed by atoms with E-state index in [2.05, 4.69) is 14.7 Å². The molecule has 2 N–H and O–H groups in total. The third kappa shape index (κ3) is 5.03. The van der Waals surface area contributed by atoms with Crippen molar-refractivity contribution >= 4 is 17.6 Å². The topological polar surface area (TPSA) is 40.7 Å². The molecule has 6 heteroatoms. The maximum Gasteiger partial charge on any atom is 0.147 e. The first kappa shape index (κ1) is 20.6.